The Kier molecular flexibility index (Phi) is 6.97. The molecule has 0 saturated heterocycles. The van der Waals surface area contributed by atoms with Crippen LogP contribution in [0.4, 0.5) is 32.6 Å². The van der Waals surface area contributed by atoms with E-state index in [9.17, 15) is 14.4 Å². The van der Waals surface area contributed by atoms with Gasteiger partial charge in [0.25, 0.3) is 0 Å². The maximum absolute atomic E-state index is 11.5. The number of carbonyl (C=O) groups is 3. The first kappa shape index (κ1) is 20.3. The summed E-state index contributed by atoms with van der Waals surface area (Å²) >= 11 is 0. The highest BCUT2D eigenvalue weighted by molar-refractivity contribution is 5.93. The zero-order chi connectivity index (χ0) is 20.5. The van der Waals surface area contributed by atoms with E-state index in [0.717, 1.165) is 14.2 Å². The first-order valence-corrected chi connectivity index (χ1v) is 7.83. The summed E-state index contributed by atoms with van der Waals surface area (Å²) in [7, 11) is 2.26. The Morgan fingerprint density at radius 3 is 2.29 bits per heavy atom. The number of hydrogen-bond donors (Lipinski definition) is 2. The molecule has 0 saturated carbocycles. The van der Waals surface area contributed by atoms with Gasteiger partial charge in [-0.05, 0) is 12.1 Å². The van der Waals surface area contributed by atoms with E-state index in [1.54, 1.807) is 24.3 Å². The van der Waals surface area contributed by atoms with Gasteiger partial charge in [0.1, 0.15) is 5.69 Å². The molecule has 0 radical (unpaired) electrons. The maximum Gasteiger partial charge on any atom is 0.513 e. The lowest BCUT2D eigenvalue weighted by molar-refractivity contribution is -0.114. The Bertz CT molecular complexity index is 900. The predicted molar refractivity (Wildman–Crippen MR) is 98.2 cm³/mol. The van der Waals surface area contributed by atoms with Gasteiger partial charge in [0.15, 0.2) is 17.4 Å². The third-order valence-electron chi connectivity index (χ3n) is 3.06. The molecule has 2 rings (SSSR count). The van der Waals surface area contributed by atoms with Gasteiger partial charge < -0.3 is 19.5 Å². The monoisotopic (exact) mass is 387 g/mol. The minimum absolute atomic E-state index is 0.0178. The molecular formula is C17H17N5O6. The molecule has 0 aliphatic heterocycles. The molecule has 2 amide bonds. The van der Waals surface area contributed by atoms with Crippen LogP contribution in [-0.2, 0) is 14.3 Å². The number of aromatic nitrogens is 1. The van der Waals surface area contributed by atoms with Crippen LogP contribution >= 0.6 is 0 Å². The highest BCUT2D eigenvalue weighted by atomic mass is 16.7. The highest BCUT2D eigenvalue weighted by Crippen LogP contribution is 2.35. The van der Waals surface area contributed by atoms with Crippen molar-refractivity contribution in [1.82, 2.24) is 4.98 Å². The number of ether oxygens (including phenoxy) is 3. The molecule has 1 aromatic carbocycles. The fourth-order valence-electron chi connectivity index (χ4n) is 1.87. The second-order valence-corrected chi connectivity index (χ2v) is 5.09. The van der Waals surface area contributed by atoms with Crippen molar-refractivity contribution in [1.29, 1.82) is 0 Å². The third-order valence-corrected chi connectivity index (χ3v) is 3.06. The van der Waals surface area contributed by atoms with Gasteiger partial charge in [-0.1, -0.05) is 18.2 Å². The maximum atomic E-state index is 11.5. The molecule has 1 heterocycles. The number of benzene rings is 1. The summed E-state index contributed by atoms with van der Waals surface area (Å²) in [5.74, 6) is -0.835. The Balaban J connectivity index is 2.51. The first-order chi connectivity index (χ1) is 13.4. The molecule has 0 aliphatic rings. The van der Waals surface area contributed by atoms with E-state index in [-0.39, 0.29) is 23.1 Å². The van der Waals surface area contributed by atoms with E-state index in [1.807, 2.05) is 6.07 Å². The summed E-state index contributed by atoms with van der Waals surface area (Å²) in [4.78, 5) is 38.6. The Morgan fingerprint density at radius 2 is 1.68 bits per heavy atom. The predicted octanol–water partition coefficient (Wildman–Crippen LogP) is 3.78. The standard InChI is InChI=1S/C17H17N5O6/c1-10(23)18-14-12(22-21-11-7-5-4-6-8-11)9-13(28-17(25)27-3)15(19-14)20-16(24)26-2/h4-9H,1-3H3,(H2,18,19,20,23,24). The Labute approximate surface area is 159 Å². The van der Waals surface area contributed by atoms with Crippen LogP contribution in [0.5, 0.6) is 5.75 Å². The van der Waals surface area contributed by atoms with Crippen LogP contribution in [0.1, 0.15) is 6.92 Å². The van der Waals surface area contributed by atoms with E-state index < -0.39 is 18.2 Å². The first-order valence-electron chi connectivity index (χ1n) is 7.83. The number of pyridine rings is 1. The van der Waals surface area contributed by atoms with E-state index in [2.05, 4.69) is 35.3 Å². The van der Waals surface area contributed by atoms with Crippen molar-refractivity contribution in [2.24, 2.45) is 10.2 Å². The minimum Gasteiger partial charge on any atom is -0.453 e. The number of methoxy groups -OCH3 is 2. The molecule has 28 heavy (non-hydrogen) atoms. The SMILES string of the molecule is COC(=O)Nc1nc(NC(C)=O)c(N=Nc2ccccc2)cc1OC(=O)OC. The molecule has 2 N–H and O–H groups in total. The molecule has 11 heteroatoms. The van der Waals surface area contributed by atoms with Gasteiger partial charge >= 0.3 is 12.2 Å². The second kappa shape index (κ2) is 9.62. The molecule has 146 valence electrons. The average Bonchev–Trinajstić information content (AvgIpc) is 2.68. The van der Waals surface area contributed by atoms with E-state index in [1.165, 1.54) is 13.0 Å². The van der Waals surface area contributed by atoms with Crippen LogP contribution in [0.25, 0.3) is 0 Å². The third kappa shape index (κ3) is 5.76. The summed E-state index contributed by atoms with van der Waals surface area (Å²) in [5, 5.41) is 12.8. The number of hydrogen-bond acceptors (Lipinski definition) is 9. The van der Waals surface area contributed by atoms with Crippen LogP contribution in [0, 0.1) is 0 Å². The topological polar surface area (TPSA) is 141 Å². The molecule has 0 bridgehead atoms. The highest BCUT2D eigenvalue weighted by Gasteiger charge is 2.19. The molecule has 0 fully saturated rings. The van der Waals surface area contributed by atoms with Gasteiger partial charge in [-0.15, -0.1) is 5.11 Å². The summed E-state index contributed by atoms with van der Waals surface area (Å²) < 4.78 is 13.9. The molecular weight excluding hydrogens is 370 g/mol. The summed E-state index contributed by atoms with van der Waals surface area (Å²) in [6, 6.07) is 10.1. The van der Waals surface area contributed by atoms with Crippen molar-refractivity contribution in [2.75, 3.05) is 24.9 Å². The Morgan fingerprint density at radius 1 is 0.964 bits per heavy atom. The fraction of sp³-hybridized carbons (Fsp3) is 0.176. The molecule has 0 aliphatic carbocycles. The van der Waals surface area contributed by atoms with Crippen molar-refractivity contribution < 1.29 is 28.6 Å². The largest absolute Gasteiger partial charge is 0.513 e. The molecule has 0 unspecified atom stereocenters. The van der Waals surface area contributed by atoms with Crippen molar-refractivity contribution in [3.63, 3.8) is 0 Å². The number of nitrogens with zero attached hydrogens (tertiary/aromatic N) is 3. The lowest BCUT2D eigenvalue weighted by Crippen LogP contribution is -2.17. The van der Waals surface area contributed by atoms with Crippen LogP contribution in [0.15, 0.2) is 46.6 Å². The van der Waals surface area contributed by atoms with E-state index in [4.69, 9.17) is 4.74 Å². The van der Waals surface area contributed by atoms with Crippen molar-refractivity contribution in [3.8, 4) is 5.75 Å². The van der Waals surface area contributed by atoms with Gasteiger partial charge in [-0.2, -0.15) is 5.11 Å². The Hall–Kier alpha value is -4.02. The number of rotatable bonds is 5. The number of nitrogens with one attached hydrogen (secondary N) is 2. The molecule has 0 spiro atoms. The fourth-order valence-corrected chi connectivity index (χ4v) is 1.87. The van der Waals surface area contributed by atoms with Crippen LogP contribution in [0.3, 0.4) is 0 Å². The molecule has 11 nitrogen and oxygen atoms in total. The number of amides is 2. The second-order valence-electron chi connectivity index (χ2n) is 5.09. The van der Waals surface area contributed by atoms with Crippen molar-refractivity contribution >= 4 is 41.2 Å². The minimum atomic E-state index is -1.05. The van der Waals surface area contributed by atoms with Gasteiger partial charge in [-0.3, -0.25) is 10.1 Å². The quantitative estimate of drug-likeness (QED) is 0.587. The molecule has 0 atom stereocenters. The summed E-state index contributed by atoms with van der Waals surface area (Å²) in [6.07, 6.45) is -1.91. The smallest absolute Gasteiger partial charge is 0.453 e. The average molecular weight is 387 g/mol. The number of carbonyl (C=O) groups excluding carboxylic acids is 3. The van der Waals surface area contributed by atoms with Gasteiger partial charge in [0.05, 0.1) is 19.9 Å². The normalized spacial score (nSPS) is 10.2. The van der Waals surface area contributed by atoms with Crippen molar-refractivity contribution in [2.45, 2.75) is 6.92 Å². The van der Waals surface area contributed by atoms with Gasteiger partial charge in [-0.25, -0.2) is 14.6 Å². The molecule has 1 aromatic heterocycles. The zero-order valence-corrected chi connectivity index (χ0v) is 15.3. The lowest BCUT2D eigenvalue weighted by atomic mass is 10.3. The molecule has 2 aromatic rings. The summed E-state index contributed by atoms with van der Waals surface area (Å²) in [6.45, 7) is 1.27. The van der Waals surface area contributed by atoms with Crippen LogP contribution in [0.2, 0.25) is 0 Å². The van der Waals surface area contributed by atoms with Crippen LogP contribution < -0.4 is 15.4 Å². The van der Waals surface area contributed by atoms with Crippen LogP contribution in [-0.4, -0.2) is 37.4 Å². The van der Waals surface area contributed by atoms with E-state index in [0.29, 0.717) is 5.69 Å². The van der Waals surface area contributed by atoms with Gasteiger partial charge in [0.2, 0.25) is 5.91 Å². The number of anilines is 2. The zero-order valence-electron chi connectivity index (χ0n) is 15.3. The van der Waals surface area contributed by atoms with Gasteiger partial charge in [0, 0.05) is 13.0 Å². The van der Waals surface area contributed by atoms with E-state index >= 15 is 0 Å². The summed E-state index contributed by atoms with van der Waals surface area (Å²) in [5.41, 5.74) is 0.622. The van der Waals surface area contributed by atoms with Crippen molar-refractivity contribution in [3.05, 3.63) is 36.4 Å². The lowest BCUT2D eigenvalue weighted by Gasteiger charge is -2.13. The number of azo groups is 1.